The summed E-state index contributed by atoms with van der Waals surface area (Å²) in [5.74, 6) is 1.60. The van der Waals surface area contributed by atoms with Crippen LogP contribution in [-0.2, 0) is 0 Å². The van der Waals surface area contributed by atoms with Crippen molar-refractivity contribution in [3.05, 3.63) is 72.9 Å². The van der Waals surface area contributed by atoms with Crippen molar-refractivity contribution in [2.75, 3.05) is 12.4 Å². The van der Waals surface area contributed by atoms with E-state index in [4.69, 9.17) is 9.15 Å². The number of H-pyrrole nitrogens is 1. The van der Waals surface area contributed by atoms with Gasteiger partial charge in [0, 0.05) is 28.2 Å². The van der Waals surface area contributed by atoms with Crippen molar-refractivity contribution >= 4 is 33.4 Å². The molecule has 0 aliphatic carbocycles. The van der Waals surface area contributed by atoms with Crippen LogP contribution < -0.4 is 4.74 Å². The number of fused-ring (bicyclic) bond motifs is 2. The van der Waals surface area contributed by atoms with Crippen molar-refractivity contribution in [1.29, 1.82) is 0 Å². The van der Waals surface area contributed by atoms with Crippen molar-refractivity contribution in [3.8, 4) is 17.2 Å². The van der Waals surface area contributed by atoms with Gasteiger partial charge in [-0.15, -0.1) is 10.2 Å². The highest BCUT2D eigenvalue weighted by atomic mass is 32.2. The van der Waals surface area contributed by atoms with Crippen LogP contribution in [0, 0.1) is 0 Å². The molecule has 2 N–H and O–H groups in total. The third-order valence-electron chi connectivity index (χ3n) is 4.81. The molecule has 6 nitrogen and oxygen atoms in total. The quantitative estimate of drug-likeness (QED) is 0.366. The van der Waals surface area contributed by atoms with E-state index in [0.717, 1.165) is 33.0 Å². The maximum atomic E-state index is 10.3. The van der Waals surface area contributed by atoms with Gasteiger partial charge in [0.15, 0.2) is 0 Å². The topological polar surface area (TPSA) is 84.2 Å². The molecule has 0 fully saturated rings. The Balaban J connectivity index is 1.20. The van der Waals surface area contributed by atoms with Crippen LogP contribution in [0.2, 0.25) is 0 Å². The van der Waals surface area contributed by atoms with Crippen LogP contribution in [0.4, 0.5) is 0 Å². The van der Waals surface area contributed by atoms with Crippen molar-refractivity contribution in [1.82, 2.24) is 15.2 Å². The largest absolute Gasteiger partial charge is 0.490 e. The number of benzene rings is 3. The van der Waals surface area contributed by atoms with Gasteiger partial charge in [-0.25, -0.2) is 0 Å². The summed E-state index contributed by atoms with van der Waals surface area (Å²) < 4.78 is 11.6. The first-order chi connectivity index (χ1) is 14.8. The zero-order valence-electron chi connectivity index (χ0n) is 16.0. The van der Waals surface area contributed by atoms with Gasteiger partial charge in [0.2, 0.25) is 0 Å². The number of hydrogen-bond donors (Lipinski definition) is 2. The number of aromatic amines is 1. The fourth-order valence-electron chi connectivity index (χ4n) is 3.35. The molecule has 2 heterocycles. The average molecular weight is 417 g/mol. The number of aromatic nitrogens is 3. The Morgan fingerprint density at radius 2 is 1.77 bits per heavy atom. The standard InChI is InChI=1S/C23H19N3O3S/c27-16(13-28-21-11-5-7-15-6-1-2-8-17(15)21)14-30-23-26-25-22(29-23)19-12-24-20-10-4-3-9-18(19)20/h1-12,16,24,27H,13-14H2/t16-/m0/s1. The molecule has 3 aromatic carbocycles. The predicted molar refractivity (Wildman–Crippen MR) is 118 cm³/mol. The van der Waals surface area contributed by atoms with Crippen LogP contribution in [0.3, 0.4) is 0 Å². The number of nitrogens with one attached hydrogen (secondary N) is 1. The lowest BCUT2D eigenvalue weighted by Gasteiger charge is -2.13. The van der Waals surface area contributed by atoms with E-state index in [1.54, 1.807) is 0 Å². The smallest absolute Gasteiger partial charge is 0.276 e. The lowest BCUT2D eigenvalue weighted by Crippen LogP contribution is -2.20. The summed E-state index contributed by atoms with van der Waals surface area (Å²) in [6.45, 7) is 0.185. The number of aliphatic hydroxyl groups is 1. The van der Waals surface area contributed by atoms with Gasteiger partial charge in [-0.05, 0) is 17.5 Å². The van der Waals surface area contributed by atoms with Crippen molar-refractivity contribution in [2.45, 2.75) is 11.3 Å². The molecule has 5 aromatic rings. The second-order valence-corrected chi connectivity index (χ2v) is 7.85. The number of nitrogens with zero attached hydrogens (tertiary/aromatic N) is 2. The lowest BCUT2D eigenvalue weighted by atomic mass is 10.1. The van der Waals surface area contributed by atoms with E-state index in [9.17, 15) is 5.11 Å². The highest BCUT2D eigenvalue weighted by Gasteiger charge is 2.15. The summed E-state index contributed by atoms with van der Waals surface area (Å²) in [5.41, 5.74) is 1.88. The maximum absolute atomic E-state index is 10.3. The fraction of sp³-hybridized carbons (Fsp3) is 0.130. The summed E-state index contributed by atoms with van der Waals surface area (Å²) >= 11 is 1.31. The van der Waals surface area contributed by atoms with Crippen molar-refractivity contribution in [3.63, 3.8) is 0 Å². The van der Waals surface area contributed by atoms with Gasteiger partial charge < -0.3 is 19.2 Å². The Morgan fingerprint density at radius 3 is 2.70 bits per heavy atom. The number of hydrogen-bond acceptors (Lipinski definition) is 6. The molecular formula is C23H19N3O3S. The maximum Gasteiger partial charge on any atom is 0.276 e. The van der Waals surface area contributed by atoms with Crippen LogP contribution in [0.5, 0.6) is 5.75 Å². The number of thioether (sulfide) groups is 1. The van der Waals surface area contributed by atoms with Crippen LogP contribution in [0.25, 0.3) is 33.1 Å². The van der Waals surface area contributed by atoms with Gasteiger partial charge in [0.1, 0.15) is 12.4 Å². The third kappa shape index (κ3) is 3.77. The molecular weight excluding hydrogens is 398 g/mol. The van der Waals surface area contributed by atoms with E-state index in [1.807, 2.05) is 72.9 Å². The molecule has 0 radical (unpaired) electrons. The Labute approximate surface area is 176 Å². The van der Waals surface area contributed by atoms with Crippen LogP contribution in [-0.4, -0.2) is 38.8 Å². The minimum atomic E-state index is -0.669. The summed E-state index contributed by atoms with van der Waals surface area (Å²) in [5, 5.41) is 22.1. The summed E-state index contributed by atoms with van der Waals surface area (Å²) in [6.07, 6.45) is 1.19. The molecule has 0 unspecified atom stereocenters. The van der Waals surface area contributed by atoms with E-state index >= 15 is 0 Å². The van der Waals surface area contributed by atoms with Crippen LogP contribution in [0.15, 0.2) is 82.6 Å². The first kappa shape index (κ1) is 18.7. The Hall–Kier alpha value is -3.29. The lowest BCUT2D eigenvalue weighted by molar-refractivity contribution is 0.127. The number of ether oxygens (including phenoxy) is 1. The Bertz CT molecular complexity index is 1290. The monoisotopic (exact) mass is 417 g/mol. The minimum absolute atomic E-state index is 0.185. The van der Waals surface area contributed by atoms with Gasteiger partial charge >= 0.3 is 0 Å². The first-order valence-corrected chi connectivity index (χ1v) is 10.6. The molecule has 1 atom stereocenters. The van der Waals surface area contributed by atoms with E-state index in [0.29, 0.717) is 16.9 Å². The van der Waals surface area contributed by atoms with Gasteiger partial charge in [-0.2, -0.15) is 0 Å². The molecule has 0 bridgehead atoms. The predicted octanol–water partition coefficient (Wildman–Crippen LogP) is 4.90. The van der Waals surface area contributed by atoms with Gasteiger partial charge in [0.05, 0.1) is 11.7 Å². The molecule has 0 amide bonds. The number of rotatable bonds is 7. The Morgan fingerprint density at radius 1 is 0.967 bits per heavy atom. The molecule has 2 aromatic heterocycles. The second kappa shape index (κ2) is 8.22. The molecule has 0 saturated carbocycles. The van der Waals surface area contributed by atoms with E-state index in [-0.39, 0.29) is 6.61 Å². The van der Waals surface area contributed by atoms with Gasteiger partial charge in [0.25, 0.3) is 11.1 Å². The number of aliphatic hydroxyl groups excluding tert-OH is 1. The molecule has 0 saturated heterocycles. The molecule has 150 valence electrons. The summed E-state index contributed by atoms with van der Waals surface area (Å²) in [6, 6.07) is 21.9. The molecule has 30 heavy (non-hydrogen) atoms. The summed E-state index contributed by atoms with van der Waals surface area (Å²) in [7, 11) is 0. The highest BCUT2D eigenvalue weighted by molar-refractivity contribution is 7.99. The van der Waals surface area contributed by atoms with Gasteiger partial charge in [-0.3, -0.25) is 0 Å². The van der Waals surface area contributed by atoms with Crippen LogP contribution >= 0.6 is 11.8 Å². The molecule has 5 rings (SSSR count). The minimum Gasteiger partial charge on any atom is -0.490 e. The van der Waals surface area contributed by atoms with Crippen LogP contribution in [0.1, 0.15) is 0 Å². The molecule has 7 heteroatoms. The fourth-order valence-corrected chi connectivity index (χ4v) is 4.02. The number of para-hydroxylation sites is 1. The van der Waals surface area contributed by atoms with Crippen molar-refractivity contribution in [2.24, 2.45) is 0 Å². The molecule has 0 spiro atoms. The Kier molecular flexibility index (Phi) is 5.13. The van der Waals surface area contributed by atoms with E-state index in [1.165, 1.54) is 11.8 Å². The normalized spacial score (nSPS) is 12.4. The zero-order chi connectivity index (χ0) is 20.3. The third-order valence-corrected chi connectivity index (χ3v) is 5.77. The van der Waals surface area contributed by atoms with E-state index < -0.39 is 6.10 Å². The SMILES string of the molecule is O[C@@H](COc1cccc2ccccc12)CSc1nnc(-c2c[nH]c3ccccc23)o1. The first-order valence-electron chi connectivity index (χ1n) is 9.59. The molecule has 0 aliphatic heterocycles. The summed E-state index contributed by atoms with van der Waals surface area (Å²) in [4.78, 5) is 3.20. The van der Waals surface area contributed by atoms with E-state index in [2.05, 4.69) is 15.2 Å². The zero-order valence-corrected chi connectivity index (χ0v) is 16.8. The highest BCUT2D eigenvalue weighted by Crippen LogP contribution is 2.30. The second-order valence-electron chi connectivity index (χ2n) is 6.87. The molecule has 0 aliphatic rings. The average Bonchev–Trinajstić information content (AvgIpc) is 3.43. The van der Waals surface area contributed by atoms with Gasteiger partial charge in [-0.1, -0.05) is 66.4 Å². The van der Waals surface area contributed by atoms with Crippen molar-refractivity contribution < 1.29 is 14.3 Å².